The molecule has 3 heterocycles. The molecule has 0 aliphatic carbocycles. The summed E-state index contributed by atoms with van der Waals surface area (Å²) >= 11 is 12.0. The van der Waals surface area contributed by atoms with Gasteiger partial charge in [-0.15, -0.1) is 0 Å². The van der Waals surface area contributed by atoms with Gasteiger partial charge in [-0.25, -0.2) is 14.8 Å². The van der Waals surface area contributed by atoms with E-state index in [-0.39, 0.29) is 6.09 Å². The summed E-state index contributed by atoms with van der Waals surface area (Å²) in [6.45, 7) is 5.80. The van der Waals surface area contributed by atoms with Gasteiger partial charge >= 0.3 is 6.09 Å². The zero-order valence-electron chi connectivity index (χ0n) is 13.3. The molecule has 8 heteroatoms. The molecule has 0 unspecified atom stereocenters. The number of aromatic nitrogens is 2. The molecule has 1 aliphatic rings. The van der Waals surface area contributed by atoms with Crippen LogP contribution in [0.15, 0.2) is 18.2 Å². The van der Waals surface area contributed by atoms with Gasteiger partial charge in [0.2, 0.25) is 0 Å². The lowest BCUT2D eigenvalue weighted by atomic mass is 10.1. The van der Waals surface area contributed by atoms with Gasteiger partial charge in [-0.2, -0.15) is 0 Å². The molecule has 3 rings (SSSR count). The minimum Gasteiger partial charge on any atom is -0.450 e. The predicted octanol–water partition coefficient (Wildman–Crippen LogP) is 3.21. The van der Waals surface area contributed by atoms with E-state index >= 15 is 0 Å². The molecule has 6 nitrogen and oxygen atoms in total. The molecular weight excluding hydrogens is 351 g/mol. The zero-order chi connectivity index (χ0) is 17.1. The second-order valence-corrected chi connectivity index (χ2v) is 6.35. The molecule has 2 aromatic rings. The maximum atomic E-state index is 11.8. The summed E-state index contributed by atoms with van der Waals surface area (Å²) in [4.78, 5) is 24.2. The van der Waals surface area contributed by atoms with E-state index in [0.717, 1.165) is 30.6 Å². The van der Waals surface area contributed by atoms with E-state index in [1.807, 2.05) is 19.1 Å². The summed E-state index contributed by atoms with van der Waals surface area (Å²) in [5, 5.41) is 1.74. The summed E-state index contributed by atoms with van der Waals surface area (Å²) in [5.41, 5.74) is 1.61. The topological polar surface area (TPSA) is 58.6 Å². The molecular formula is C16H18Cl2N4O2. The fourth-order valence-corrected chi connectivity index (χ4v) is 3.15. The van der Waals surface area contributed by atoms with Gasteiger partial charge in [-0.3, -0.25) is 4.90 Å². The molecule has 128 valence electrons. The monoisotopic (exact) mass is 368 g/mol. The van der Waals surface area contributed by atoms with Crippen LogP contribution in [0.25, 0.3) is 11.0 Å². The third-order valence-electron chi connectivity index (χ3n) is 3.99. The second-order valence-electron chi connectivity index (χ2n) is 5.57. The van der Waals surface area contributed by atoms with Crippen molar-refractivity contribution in [1.29, 1.82) is 0 Å². The van der Waals surface area contributed by atoms with Crippen molar-refractivity contribution >= 4 is 40.3 Å². The number of carbonyl (C=O) groups is 1. The summed E-state index contributed by atoms with van der Waals surface area (Å²) < 4.78 is 5.04. The Hall–Kier alpha value is -1.63. The third-order valence-corrected chi connectivity index (χ3v) is 4.39. The first-order chi connectivity index (χ1) is 11.6. The zero-order valence-corrected chi connectivity index (χ0v) is 14.8. The highest BCUT2D eigenvalue weighted by Gasteiger charge is 2.22. The SMILES string of the molecule is CCOC(=O)N1CCN(Cc2cc(Cl)nc3nc(Cl)ccc23)CC1. The van der Waals surface area contributed by atoms with Crippen LogP contribution in [0.1, 0.15) is 12.5 Å². The van der Waals surface area contributed by atoms with E-state index in [1.54, 1.807) is 11.0 Å². The largest absolute Gasteiger partial charge is 0.450 e. The van der Waals surface area contributed by atoms with Gasteiger partial charge in [0.05, 0.1) is 6.61 Å². The smallest absolute Gasteiger partial charge is 0.409 e. The van der Waals surface area contributed by atoms with E-state index in [2.05, 4.69) is 14.9 Å². The fourth-order valence-electron chi connectivity index (χ4n) is 2.79. The quantitative estimate of drug-likeness (QED) is 0.778. The molecule has 24 heavy (non-hydrogen) atoms. The Labute approximate surface area is 150 Å². The Morgan fingerprint density at radius 2 is 1.88 bits per heavy atom. The van der Waals surface area contributed by atoms with E-state index < -0.39 is 0 Å². The van der Waals surface area contributed by atoms with Crippen LogP contribution < -0.4 is 0 Å². The van der Waals surface area contributed by atoms with Crippen LogP contribution in [-0.2, 0) is 11.3 Å². The van der Waals surface area contributed by atoms with Crippen LogP contribution in [0.2, 0.25) is 10.3 Å². The lowest BCUT2D eigenvalue weighted by molar-refractivity contribution is 0.0779. The van der Waals surface area contributed by atoms with Crippen molar-refractivity contribution in [2.45, 2.75) is 13.5 Å². The molecule has 1 fully saturated rings. The van der Waals surface area contributed by atoms with Crippen LogP contribution in [-0.4, -0.2) is 58.6 Å². The van der Waals surface area contributed by atoms with Crippen LogP contribution in [0.4, 0.5) is 4.79 Å². The summed E-state index contributed by atoms with van der Waals surface area (Å²) in [7, 11) is 0. The van der Waals surface area contributed by atoms with Gasteiger partial charge in [0.15, 0.2) is 5.65 Å². The standard InChI is InChI=1S/C16H18Cl2N4O2/c1-2-24-16(23)22-7-5-21(6-8-22)10-11-9-14(18)20-15-12(11)3-4-13(17)19-15/h3-4,9H,2,5-8,10H2,1H3. The number of pyridine rings is 2. The van der Waals surface area contributed by atoms with Crippen LogP contribution in [0.3, 0.4) is 0 Å². The highest BCUT2D eigenvalue weighted by molar-refractivity contribution is 6.30. The Morgan fingerprint density at radius 1 is 1.17 bits per heavy atom. The predicted molar refractivity (Wildman–Crippen MR) is 93.4 cm³/mol. The van der Waals surface area contributed by atoms with Crippen molar-refractivity contribution in [3.05, 3.63) is 34.1 Å². The molecule has 0 aromatic carbocycles. The van der Waals surface area contributed by atoms with Crippen LogP contribution in [0.5, 0.6) is 0 Å². The van der Waals surface area contributed by atoms with Gasteiger partial charge in [0.1, 0.15) is 10.3 Å². The molecule has 0 radical (unpaired) electrons. The number of fused-ring (bicyclic) bond motifs is 1. The van der Waals surface area contributed by atoms with E-state index in [1.165, 1.54) is 0 Å². The van der Waals surface area contributed by atoms with Crippen molar-refractivity contribution in [3.8, 4) is 0 Å². The number of ether oxygens (including phenoxy) is 1. The van der Waals surface area contributed by atoms with Gasteiger partial charge in [-0.05, 0) is 30.7 Å². The normalized spacial score (nSPS) is 15.7. The molecule has 0 bridgehead atoms. The van der Waals surface area contributed by atoms with Gasteiger partial charge in [0.25, 0.3) is 0 Å². The first kappa shape index (κ1) is 17.2. The number of amides is 1. The minimum atomic E-state index is -0.242. The maximum Gasteiger partial charge on any atom is 0.409 e. The highest BCUT2D eigenvalue weighted by atomic mass is 35.5. The first-order valence-corrected chi connectivity index (χ1v) is 8.58. The molecule has 0 saturated carbocycles. The van der Waals surface area contributed by atoms with Gasteiger partial charge in [-0.1, -0.05) is 23.2 Å². The van der Waals surface area contributed by atoms with Crippen molar-refractivity contribution in [2.75, 3.05) is 32.8 Å². The number of nitrogens with zero attached hydrogens (tertiary/aromatic N) is 4. The number of hydrogen-bond acceptors (Lipinski definition) is 5. The molecule has 0 atom stereocenters. The second kappa shape index (κ2) is 7.51. The number of halogens is 2. The van der Waals surface area contributed by atoms with Gasteiger partial charge < -0.3 is 9.64 Å². The van der Waals surface area contributed by atoms with Crippen LogP contribution in [0, 0.1) is 0 Å². The fraction of sp³-hybridized carbons (Fsp3) is 0.438. The Balaban J connectivity index is 1.71. The molecule has 0 spiro atoms. The number of hydrogen-bond donors (Lipinski definition) is 0. The van der Waals surface area contributed by atoms with Crippen molar-refractivity contribution in [3.63, 3.8) is 0 Å². The lowest BCUT2D eigenvalue weighted by Gasteiger charge is -2.34. The molecule has 2 aromatic heterocycles. The van der Waals surface area contributed by atoms with E-state index in [9.17, 15) is 4.79 Å². The summed E-state index contributed by atoms with van der Waals surface area (Å²) in [6, 6.07) is 5.52. The lowest BCUT2D eigenvalue weighted by Crippen LogP contribution is -2.48. The molecule has 0 N–H and O–H groups in total. The number of rotatable bonds is 3. The average molecular weight is 369 g/mol. The summed E-state index contributed by atoms with van der Waals surface area (Å²) in [5.74, 6) is 0. The Morgan fingerprint density at radius 3 is 2.58 bits per heavy atom. The first-order valence-electron chi connectivity index (χ1n) is 7.82. The Bertz CT molecular complexity index is 743. The molecule has 1 aliphatic heterocycles. The van der Waals surface area contributed by atoms with E-state index in [0.29, 0.717) is 35.6 Å². The van der Waals surface area contributed by atoms with Crippen molar-refractivity contribution in [1.82, 2.24) is 19.8 Å². The summed E-state index contributed by atoms with van der Waals surface area (Å²) in [6.07, 6.45) is -0.242. The Kier molecular flexibility index (Phi) is 5.38. The average Bonchev–Trinajstić information content (AvgIpc) is 2.55. The molecule has 1 amide bonds. The van der Waals surface area contributed by atoms with E-state index in [4.69, 9.17) is 27.9 Å². The maximum absolute atomic E-state index is 11.8. The molecule has 1 saturated heterocycles. The highest BCUT2D eigenvalue weighted by Crippen LogP contribution is 2.23. The van der Waals surface area contributed by atoms with Crippen molar-refractivity contribution < 1.29 is 9.53 Å². The number of carbonyl (C=O) groups excluding carboxylic acids is 1. The third kappa shape index (κ3) is 3.88. The number of piperazine rings is 1. The van der Waals surface area contributed by atoms with Gasteiger partial charge in [0, 0.05) is 38.1 Å². The van der Waals surface area contributed by atoms with Crippen molar-refractivity contribution in [2.24, 2.45) is 0 Å². The van der Waals surface area contributed by atoms with Crippen LogP contribution >= 0.6 is 23.2 Å². The minimum absolute atomic E-state index is 0.242.